The molecule has 0 saturated carbocycles. The van der Waals surface area contributed by atoms with E-state index in [1.54, 1.807) is 24.3 Å². The van der Waals surface area contributed by atoms with E-state index in [1.165, 1.54) is 26.2 Å². The molecule has 0 aliphatic carbocycles. The van der Waals surface area contributed by atoms with Crippen LogP contribution in [0.15, 0.2) is 36.4 Å². The fraction of sp³-hybridized carbons (Fsp3) is 0.364. The highest BCUT2D eigenvalue weighted by Crippen LogP contribution is 2.29. The van der Waals surface area contributed by atoms with Crippen molar-refractivity contribution in [1.82, 2.24) is 0 Å². The van der Waals surface area contributed by atoms with E-state index in [0.29, 0.717) is 39.8 Å². The molecular weight excluding hydrogens is 429 g/mol. The molecule has 0 aliphatic rings. The number of carbonyl (C=O) groups excluding carboxylic acids is 2. The number of carbonyl (C=O) groups is 2. The van der Waals surface area contributed by atoms with Gasteiger partial charge in [0, 0.05) is 5.02 Å². The minimum Gasteiger partial charge on any atom is -0.493 e. The Morgan fingerprint density at radius 3 is 2.43 bits per heavy atom. The second kappa shape index (κ2) is 11.1. The number of rotatable bonds is 9. The van der Waals surface area contributed by atoms with Crippen molar-refractivity contribution in [2.45, 2.75) is 33.3 Å². The van der Waals surface area contributed by atoms with Gasteiger partial charge in [-0.25, -0.2) is 4.79 Å². The van der Waals surface area contributed by atoms with Crippen molar-refractivity contribution in [2.24, 2.45) is 5.92 Å². The van der Waals surface area contributed by atoms with Crippen molar-refractivity contribution in [3.05, 3.63) is 52.0 Å². The van der Waals surface area contributed by atoms with Gasteiger partial charge in [-0.2, -0.15) is 0 Å². The smallest absolute Gasteiger partial charge is 0.339 e. The lowest BCUT2D eigenvalue weighted by Crippen LogP contribution is -2.30. The predicted octanol–water partition coefficient (Wildman–Crippen LogP) is 5.61. The Kier molecular flexibility index (Phi) is 8.81. The summed E-state index contributed by atoms with van der Waals surface area (Å²) in [5, 5.41) is 3.34. The Hall–Kier alpha value is -2.44. The summed E-state index contributed by atoms with van der Waals surface area (Å²) in [6.45, 7) is 6.22. The van der Waals surface area contributed by atoms with Gasteiger partial charge in [-0.15, -0.1) is 0 Å². The van der Waals surface area contributed by atoms with E-state index in [-0.39, 0.29) is 5.56 Å². The zero-order chi connectivity index (χ0) is 22.3. The number of hydrogen-bond acceptors (Lipinski definition) is 5. The van der Waals surface area contributed by atoms with Gasteiger partial charge in [0.1, 0.15) is 0 Å². The number of halogens is 2. The summed E-state index contributed by atoms with van der Waals surface area (Å²) >= 11 is 12.0. The molecule has 0 aromatic heterocycles. The van der Waals surface area contributed by atoms with Gasteiger partial charge in [-0.3, -0.25) is 4.79 Å². The summed E-state index contributed by atoms with van der Waals surface area (Å²) < 4.78 is 16.3. The number of benzene rings is 2. The van der Waals surface area contributed by atoms with Gasteiger partial charge in [-0.1, -0.05) is 37.0 Å². The number of hydrogen-bond donors (Lipinski definition) is 1. The van der Waals surface area contributed by atoms with Gasteiger partial charge in [0.15, 0.2) is 17.6 Å². The van der Waals surface area contributed by atoms with Crippen molar-refractivity contribution in [2.75, 3.05) is 19.0 Å². The normalized spacial score (nSPS) is 11.7. The monoisotopic (exact) mass is 453 g/mol. The third kappa shape index (κ3) is 6.82. The fourth-order valence-electron chi connectivity index (χ4n) is 2.43. The second-order valence-electron chi connectivity index (χ2n) is 7.06. The van der Waals surface area contributed by atoms with E-state index in [4.69, 9.17) is 37.4 Å². The number of ether oxygens (including phenoxy) is 3. The number of anilines is 1. The summed E-state index contributed by atoms with van der Waals surface area (Å²) in [5.74, 6) is 0.266. The molecule has 1 atom stereocenters. The van der Waals surface area contributed by atoms with Crippen LogP contribution in [-0.4, -0.2) is 31.7 Å². The highest BCUT2D eigenvalue weighted by Gasteiger charge is 2.21. The molecule has 0 fully saturated rings. The SMILES string of the molecule is COc1cc(C(=O)OC(C)C(=O)Nc2cc(Cl)ccc2Cl)ccc1OCCC(C)C. The Balaban J connectivity index is 2.01. The maximum absolute atomic E-state index is 12.5. The molecule has 2 aromatic carbocycles. The van der Waals surface area contributed by atoms with Crippen molar-refractivity contribution < 1.29 is 23.8 Å². The van der Waals surface area contributed by atoms with Gasteiger partial charge in [-0.05, 0) is 55.7 Å². The largest absolute Gasteiger partial charge is 0.493 e. The molecule has 6 nitrogen and oxygen atoms in total. The molecule has 1 unspecified atom stereocenters. The Morgan fingerprint density at radius 1 is 1.03 bits per heavy atom. The third-order valence-electron chi connectivity index (χ3n) is 4.19. The van der Waals surface area contributed by atoms with Crippen LogP contribution < -0.4 is 14.8 Å². The summed E-state index contributed by atoms with van der Waals surface area (Å²) in [4.78, 5) is 24.8. The maximum Gasteiger partial charge on any atom is 0.339 e. The van der Waals surface area contributed by atoms with Crippen LogP contribution in [0.2, 0.25) is 10.0 Å². The first-order chi connectivity index (χ1) is 14.2. The summed E-state index contributed by atoms with van der Waals surface area (Å²) in [6, 6.07) is 9.41. The molecule has 2 rings (SSSR count). The molecule has 0 saturated heterocycles. The van der Waals surface area contributed by atoms with Crippen LogP contribution in [0.25, 0.3) is 0 Å². The van der Waals surface area contributed by atoms with Crippen LogP contribution in [0.1, 0.15) is 37.6 Å². The van der Waals surface area contributed by atoms with E-state index < -0.39 is 18.0 Å². The van der Waals surface area contributed by atoms with Crippen LogP contribution in [0, 0.1) is 5.92 Å². The molecule has 8 heteroatoms. The fourth-order valence-corrected chi connectivity index (χ4v) is 2.77. The molecule has 162 valence electrons. The minimum absolute atomic E-state index is 0.239. The van der Waals surface area contributed by atoms with Gasteiger partial charge in [0.2, 0.25) is 0 Å². The molecule has 0 bridgehead atoms. The highest BCUT2D eigenvalue weighted by molar-refractivity contribution is 6.35. The minimum atomic E-state index is -1.06. The summed E-state index contributed by atoms with van der Waals surface area (Å²) in [6.07, 6.45) is -0.156. The lowest BCUT2D eigenvalue weighted by atomic mass is 10.1. The van der Waals surface area contributed by atoms with E-state index in [9.17, 15) is 9.59 Å². The number of amides is 1. The van der Waals surface area contributed by atoms with Crippen molar-refractivity contribution in [3.8, 4) is 11.5 Å². The third-order valence-corrected chi connectivity index (χ3v) is 4.76. The Labute approximate surface area is 186 Å². The zero-order valence-electron chi connectivity index (χ0n) is 17.3. The van der Waals surface area contributed by atoms with Crippen LogP contribution in [0.5, 0.6) is 11.5 Å². The van der Waals surface area contributed by atoms with Crippen LogP contribution >= 0.6 is 23.2 Å². The molecule has 30 heavy (non-hydrogen) atoms. The number of methoxy groups -OCH3 is 1. The van der Waals surface area contributed by atoms with Crippen LogP contribution in [0.4, 0.5) is 5.69 Å². The van der Waals surface area contributed by atoms with E-state index in [1.807, 2.05) is 0 Å². The molecule has 0 aliphatic heterocycles. The van der Waals surface area contributed by atoms with Gasteiger partial charge in [0.05, 0.1) is 30.0 Å². The van der Waals surface area contributed by atoms with E-state index in [0.717, 1.165) is 6.42 Å². The molecule has 0 heterocycles. The maximum atomic E-state index is 12.5. The van der Waals surface area contributed by atoms with Gasteiger partial charge in [0.25, 0.3) is 5.91 Å². The average Bonchev–Trinajstić information content (AvgIpc) is 2.70. The van der Waals surface area contributed by atoms with Crippen molar-refractivity contribution in [3.63, 3.8) is 0 Å². The lowest BCUT2D eigenvalue weighted by Gasteiger charge is -2.16. The Bertz CT molecular complexity index is 901. The quantitative estimate of drug-likeness (QED) is 0.499. The molecular formula is C22H25Cl2NO5. The first-order valence-electron chi connectivity index (χ1n) is 9.49. The molecule has 2 aromatic rings. The number of esters is 1. The zero-order valence-corrected chi connectivity index (χ0v) is 18.8. The average molecular weight is 454 g/mol. The van der Waals surface area contributed by atoms with E-state index in [2.05, 4.69) is 19.2 Å². The lowest BCUT2D eigenvalue weighted by molar-refractivity contribution is -0.123. The standard InChI is InChI=1S/C22H25Cl2NO5/c1-13(2)9-10-29-19-8-5-15(11-20(19)28-4)22(27)30-14(3)21(26)25-18-12-16(23)6-7-17(18)24/h5-8,11-14H,9-10H2,1-4H3,(H,25,26). The van der Waals surface area contributed by atoms with Crippen molar-refractivity contribution in [1.29, 1.82) is 0 Å². The topological polar surface area (TPSA) is 73.9 Å². The Morgan fingerprint density at radius 2 is 1.77 bits per heavy atom. The predicted molar refractivity (Wildman–Crippen MR) is 118 cm³/mol. The van der Waals surface area contributed by atoms with E-state index >= 15 is 0 Å². The van der Waals surface area contributed by atoms with Crippen molar-refractivity contribution >= 4 is 40.8 Å². The highest BCUT2D eigenvalue weighted by atomic mass is 35.5. The molecule has 0 radical (unpaired) electrons. The molecule has 1 N–H and O–H groups in total. The summed E-state index contributed by atoms with van der Waals surface area (Å²) in [5.41, 5.74) is 0.574. The second-order valence-corrected chi connectivity index (χ2v) is 7.90. The first kappa shape index (κ1) is 23.8. The van der Waals surface area contributed by atoms with Crippen LogP contribution in [0.3, 0.4) is 0 Å². The molecule has 1 amide bonds. The number of nitrogens with one attached hydrogen (secondary N) is 1. The summed E-state index contributed by atoms with van der Waals surface area (Å²) in [7, 11) is 1.49. The van der Waals surface area contributed by atoms with Gasteiger partial charge >= 0.3 is 5.97 Å². The van der Waals surface area contributed by atoms with Gasteiger partial charge < -0.3 is 19.5 Å². The molecule has 0 spiro atoms. The first-order valence-corrected chi connectivity index (χ1v) is 10.2. The van der Waals surface area contributed by atoms with Crippen LogP contribution in [-0.2, 0) is 9.53 Å².